The summed E-state index contributed by atoms with van der Waals surface area (Å²) in [5.74, 6) is -5.84. The number of primary amides is 1. The Kier molecular flexibility index (Phi) is 15.5. The molecule has 0 unspecified atom stereocenters. The lowest BCUT2D eigenvalue weighted by atomic mass is 10.0. The van der Waals surface area contributed by atoms with Crippen LogP contribution in [0.25, 0.3) is 0 Å². The van der Waals surface area contributed by atoms with Crippen LogP contribution in [0.4, 0.5) is 0 Å². The van der Waals surface area contributed by atoms with Crippen molar-refractivity contribution in [1.82, 2.24) is 32.1 Å². The molecule has 1 fully saturated rings. The van der Waals surface area contributed by atoms with Gasteiger partial charge >= 0.3 is 0 Å². The minimum Gasteiger partial charge on any atom is -0.508 e. The van der Waals surface area contributed by atoms with Gasteiger partial charge in [-0.15, -0.1) is 0 Å². The van der Waals surface area contributed by atoms with Gasteiger partial charge in [0.05, 0.1) is 0 Å². The summed E-state index contributed by atoms with van der Waals surface area (Å²) in [7, 11) is 0. The first-order chi connectivity index (χ1) is 22.2. The minimum atomic E-state index is -1.36. The zero-order valence-electron chi connectivity index (χ0n) is 26.8. The molecule has 1 aliphatic heterocycles. The number of hydroxylamine groups is 1. The van der Waals surface area contributed by atoms with Crippen LogP contribution < -0.4 is 43.5 Å². The molecule has 5 atom stereocenters. The van der Waals surface area contributed by atoms with E-state index in [0.29, 0.717) is 24.9 Å². The number of nitrogens with two attached hydrogens (primary N) is 2. The van der Waals surface area contributed by atoms with Crippen LogP contribution in [0, 0.1) is 5.92 Å². The average molecular weight is 663 g/mol. The number of nitrogens with one attached hydrogen (secondary N) is 6. The van der Waals surface area contributed by atoms with Crippen molar-refractivity contribution in [3.8, 4) is 5.75 Å². The molecule has 2 rings (SSSR count). The maximum Gasteiger partial charge on any atom is 0.265 e. The van der Waals surface area contributed by atoms with Crippen molar-refractivity contribution in [2.24, 2.45) is 17.4 Å². The van der Waals surface area contributed by atoms with Crippen molar-refractivity contribution in [2.75, 3.05) is 13.2 Å². The molecule has 7 amide bonds. The third kappa shape index (κ3) is 13.2. The van der Waals surface area contributed by atoms with Crippen molar-refractivity contribution in [3.05, 3.63) is 29.8 Å². The Morgan fingerprint density at radius 2 is 1.40 bits per heavy atom. The molecule has 1 saturated heterocycles. The fourth-order valence-corrected chi connectivity index (χ4v) is 4.59. The van der Waals surface area contributed by atoms with Crippen molar-refractivity contribution in [3.63, 3.8) is 0 Å². The van der Waals surface area contributed by atoms with Gasteiger partial charge in [-0.25, -0.2) is 5.48 Å². The van der Waals surface area contributed by atoms with E-state index >= 15 is 0 Å². The lowest BCUT2D eigenvalue weighted by molar-refractivity contribution is -0.143. The number of benzene rings is 1. The Bertz CT molecular complexity index is 1270. The number of phenols is 1. The Labute approximate surface area is 272 Å². The van der Waals surface area contributed by atoms with Crippen LogP contribution in [-0.2, 0) is 44.8 Å². The molecular formula is C30H46N8O9. The van der Waals surface area contributed by atoms with Crippen LogP contribution in [0.15, 0.2) is 24.3 Å². The molecule has 11 N–H and O–H groups in total. The van der Waals surface area contributed by atoms with Crippen LogP contribution in [-0.4, -0.2) is 89.8 Å². The quantitative estimate of drug-likeness (QED) is 0.119. The van der Waals surface area contributed by atoms with Crippen molar-refractivity contribution in [2.45, 2.75) is 89.5 Å². The standard InChI is InChI=1S/C30H46N8O9/c1-16(2)25-30(46)35-21(11-12-23(32)40)28(44)36-22(14-18-7-9-19(39)10-8-18)29(45)34-20(6-4-5-13-31)27(43)33-17(3)26(42)38-47-15-24(41)37-25/h7-10,16-17,20-22,25,39H,4-6,11-15,31H2,1-3H3,(H2,32,40)(H,33,43)(H,34,45)(H,35,46)(H,36,44)(H,37,41)(H,38,42)/t17-,20-,21-,22-,25-/m0/s1. The third-order valence-corrected chi connectivity index (χ3v) is 7.30. The first-order valence-corrected chi connectivity index (χ1v) is 15.4. The summed E-state index contributed by atoms with van der Waals surface area (Å²) in [6.45, 7) is 4.32. The van der Waals surface area contributed by atoms with Gasteiger partial charge in [0, 0.05) is 12.8 Å². The predicted molar refractivity (Wildman–Crippen MR) is 167 cm³/mol. The summed E-state index contributed by atoms with van der Waals surface area (Å²) in [5.41, 5.74) is 13.5. The number of rotatable bonds is 10. The normalized spacial score (nSPS) is 24.0. The molecule has 0 radical (unpaired) electrons. The Morgan fingerprint density at radius 1 is 0.830 bits per heavy atom. The number of aromatic hydroxyl groups is 1. The number of unbranched alkanes of at least 4 members (excludes halogenated alkanes) is 1. The van der Waals surface area contributed by atoms with Crippen molar-refractivity contribution < 1.29 is 43.5 Å². The van der Waals surface area contributed by atoms with Crippen molar-refractivity contribution >= 4 is 41.4 Å². The van der Waals surface area contributed by atoms with Gasteiger partial charge in [0.2, 0.25) is 35.4 Å². The molecule has 1 aliphatic rings. The summed E-state index contributed by atoms with van der Waals surface area (Å²) in [4.78, 5) is 95.7. The molecule has 47 heavy (non-hydrogen) atoms. The Hall–Kier alpha value is -4.77. The van der Waals surface area contributed by atoms with E-state index < -0.39 is 84.1 Å². The SMILES string of the molecule is CC(C)[C@@H]1NC(=O)CONC(=O)[C@H](C)NC(=O)[C@H](CCCCN)NC(=O)[C@H](Cc2ccc(O)cc2)NC(=O)[C@H](CCC(N)=O)NC1=O. The zero-order valence-corrected chi connectivity index (χ0v) is 26.8. The highest BCUT2D eigenvalue weighted by atomic mass is 16.7. The van der Waals surface area contributed by atoms with E-state index in [0.717, 1.165) is 0 Å². The van der Waals surface area contributed by atoms with Crippen molar-refractivity contribution in [1.29, 1.82) is 0 Å². The van der Waals surface area contributed by atoms with Gasteiger partial charge in [0.1, 0.15) is 36.0 Å². The Morgan fingerprint density at radius 3 is 2.02 bits per heavy atom. The average Bonchev–Trinajstić information content (AvgIpc) is 3.01. The number of amides is 7. The summed E-state index contributed by atoms with van der Waals surface area (Å²) >= 11 is 0. The van der Waals surface area contributed by atoms with Gasteiger partial charge < -0.3 is 43.2 Å². The highest BCUT2D eigenvalue weighted by Gasteiger charge is 2.33. The molecule has 17 heteroatoms. The van der Waals surface area contributed by atoms with Crippen LogP contribution in [0.1, 0.15) is 58.4 Å². The van der Waals surface area contributed by atoms with E-state index in [4.69, 9.17) is 16.3 Å². The van der Waals surface area contributed by atoms with E-state index in [1.807, 2.05) is 0 Å². The minimum absolute atomic E-state index is 0.0241. The lowest BCUT2D eigenvalue weighted by Crippen LogP contribution is -2.59. The molecule has 1 heterocycles. The molecule has 17 nitrogen and oxygen atoms in total. The van der Waals surface area contributed by atoms with Gasteiger partial charge in [-0.2, -0.15) is 0 Å². The molecule has 1 aromatic carbocycles. The fourth-order valence-electron chi connectivity index (χ4n) is 4.59. The molecule has 0 spiro atoms. The predicted octanol–water partition coefficient (Wildman–Crippen LogP) is -2.51. The largest absolute Gasteiger partial charge is 0.508 e. The number of hydrogen-bond acceptors (Lipinski definition) is 10. The summed E-state index contributed by atoms with van der Waals surface area (Å²) in [5, 5.41) is 22.5. The monoisotopic (exact) mass is 662 g/mol. The third-order valence-electron chi connectivity index (χ3n) is 7.30. The molecule has 0 saturated carbocycles. The molecule has 0 aliphatic carbocycles. The van der Waals surface area contributed by atoms with E-state index in [9.17, 15) is 38.7 Å². The second kappa shape index (κ2) is 19.0. The molecular weight excluding hydrogens is 616 g/mol. The van der Waals surface area contributed by atoms with Gasteiger partial charge in [0.15, 0.2) is 6.61 Å². The van der Waals surface area contributed by atoms with Gasteiger partial charge in [-0.3, -0.25) is 38.4 Å². The fraction of sp³-hybridized carbons (Fsp3) is 0.567. The zero-order chi connectivity index (χ0) is 35.1. The van der Waals surface area contributed by atoms with Crippen LogP contribution in [0.2, 0.25) is 0 Å². The number of carbonyl (C=O) groups is 7. The summed E-state index contributed by atoms with van der Waals surface area (Å²) in [6.07, 6.45) is 0.524. The molecule has 0 bridgehead atoms. The topological polar surface area (TPSA) is 273 Å². The summed E-state index contributed by atoms with van der Waals surface area (Å²) in [6, 6.07) is -0.229. The van der Waals surface area contributed by atoms with Gasteiger partial charge in [0.25, 0.3) is 5.91 Å². The number of phenolic OH excluding ortho intramolecular Hbond substituents is 1. The van der Waals surface area contributed by atoms with Gasteiger partial charge in [-0.05, 0) is 62.8 Å². The summed E-state index contributed by atoms with van der Waals surface area (Å²) < 4.78 is 0. The highest BCUT2D eigenvalue weighted by Crippen LogP contribution is 2.13. The molecule has 0 aromatic heterocycles. The first kappa shape index (κ1) is 38.4. The van der Waals surface area contributed by atoms with Crippen LogP contribution >= 0.6 is 0 Å². The smallest absolute Gasteiger partial charge is 0.265 e. The number of hydrogen-bond donors (Lipinski definition) is 9. The van der Waals surface area contributed by atoms with E-state index in [1.165, 1.54) is 19.1 Å². The molecule has 1 aromatic rings. The van der Waals surface area contributed by atoms with E-state index in [-0.39, 0.29) is 31.4 Å². The second-order valence-electron chi connectivity index (χ2n) is 11.6. The van der Waals surface area contributed by atoms with E-state index in [1.54, 1.807) is 26.0 Å². The van der Waals surface area contributed by atoms with Crippen LogP contribution in [0.3, 0.4) is 0 Å². The Balaban J connectivity index is 2.52. The number of carbonyl (C=O) groups excluding carboxylic acids is 7. The first-order valence-electron chi connectivity index (χ1n) is 15.4. The highest BCUT2D eigenvalue weighted by molar-refractivity contribution is 5.96. The maximum absolute atomic E-state index is 13.7. The van der Waals surface area contributed by atoms with Gasteiger partial charge in [-0.1, -0.05) is 26.0 Å². The van der Waals surface area contributed by atoms with Crippen LogP contribution in [0.5, 0.6) is 5.75 Å². The maximum atomic E-state index is 13.7. The second-order valence-corrected chi connectivity index (χ2v) is 11.6. The van der Waals surface area contributed by atoms with E-state index in [2.05, 4.69) is 32.1 Å². The molecule has 260 valence electrons. The lowest BCUT2D eigenvalue weighted by Gasteiger charge is -2.27.